The van der Waals surface area contributed by atoms with Crippen LogP contribution in [0.5, 0.6) is 5.75 Å². The third kappa shape index (κ3) is 3.83. The van der Waals surface area contributed by atoms with Gasteiger partial charge in [0.1, 0.15) is 5.75 Å². The number of aliphatic imine (C=N–C) groups is 1. The highest BCUT2D eigenvalue weighted by molar-refractivity contribution is 7.20. The number of pyridine rings is 1. The molecule has 0 saturated carbocycles. The third-order valence-corrected chi connectivity index (χ3v) is 6.00. The molecule has 5 aromatic rings. The van der Waals surface area contributed by atoms with E-state index >= 15 is 0 Å². The summed E-state index contributed by atoms with van der Waals surface area (Å²) < 4.78 is 7.76. The molecule has 0 unspecified atom stereocenters. The lowest BCUT2D eigenvalue weighted by atomic mass is 10.1. The van der Waals surface area contributed by atoms with E-state index in [1.54, 1.807) is 19.5 Å². The maximum Gasteiger partial charge on any atom is 0.282 e. The van der Waals surface area contributed by atoms with Crippen LogP contribution in [-0.2, 0) is 6.54 Å². The predicted octanol–water partition coefficient (Wildman–Crippen LogP) is 4.47. The Morgan fingerprint density at radius 2 is 1.91 bits per heavy atom. The summed E-state index contributed by atoms with van der Waals surface area (Å²) in [6.45, 7) is 0.384. The molecule has 0 amide bonds. The van der Waals surface area contributed by atoms with E-state index in [4.69, 9.17) is 4.74 Å². The van der Waals surface area contributed by atoms with E-state index in [9.17, 15) is 4.79 Å². The van der Waals surface area contributed by atoms with Crippen LogP contribution in [0.3, 0.4) is 0 Å². The lowest BCUT2D eigenvalue weighted by Crippen LogP contribution is -2.17. The first-order valence-electron chi connectivity index (χ1n) is 9.98. The Morgan fingerprint density at radius 3 is 2.66 bits per heavy atom. The van der Waals surface area contributed by atoms with Crippen LogP contribution in [0.25, 0.3) is 26.6 Å². The van der Waals surface area contributed by atoms with Gasteiger partial charge in [0.2, 0.25) is 5.13 Å². The van der Waals surface area contributed by atoms with Crippen molar-refractivity contribution in [3.05, 3.63) is 94.5 Å². The second-order valence-electron chi connectivity index (χ2n) is 7.02. The van der Waals surface area contributed by atoms with Crippen molar-refractivity contribution in [1.29, 1.82) is 0 Å². The highest BCUT2D eigenvalue weighted by atomic mass is 32.1. The number of fused-ring (bicyclic) bond motifs is 1. The number of aromatic nitrogens is 4. The van der Waals surface area contributed by atoms with Crippen molar-refractivity contribution in [2.45, 2.75) is 6.54 Å². The summed E-state index contributed by atoms with van der Waals surface area (Å²) in [5.74, 6) is 0.743. The van der Waals surface area contributed by atoms with Crippen LogP contribution < -0.4 is 10.3 Å². The van der Waals surface area contributed by atoms with Crippen LogP contribution in [-0.4, -0.2) is 33.1 Å². The smallest absolute Gasteiger partial charge is 0.282 e. The van der Waals surface area contributed by atoms with Crippen LogP contribution in [0, 0.1) is 0 Å². The predicted molar refractivity (Wildman–Crippen MR) is 127 cm³/mol. The number of para-hydroxylation sites is 1. The van der Waals surface area contributed by atoms with Gasteiger partial charge in [-0.2, -0.15) is 4.68 Å². The van der Waals surface area contributed by atoms with Gasteiger partial charge in [-0.05, 0) is 48.5 Å². The van der Waals surface area contributed by atoms with Crippen LogP contribution in [0.2, 0.25) is 0 Å². The number of ether oxygens (including phenoxy) is 1. The third-order valence-electron chi connectivity index (χ3n) is 4.98. The normalized spacial score (nSPS) is 11.4. The van der Waals surface area contributed by atoms with Crippen molar-refractivity contribution in [3.8, 4) is 22.1 Å². The molecule has 0 aliphatic carbocycles. The Morgan fingerprint density at radius 1 is 1.09 bits per heavy atom. The summed E-state index contributed by atoms with van der Waals surface area (Å²) in [6.07, 6.45) is 3.33. The maximum atomic E-state index is 13.4. The minimum atomic E-state index is -0.209. The molecule has 0 aliphatic heterocycles. The first-order chi connectivity index (χ1) is 15.7. The number of H-pyrrole nitrogens is 1. The van der Waals surface area contributed by atoms with Gasteiger partial charge in [-0.15, -0.1) is 0 Å². The van der Waals surface area contributed by atoms with Crippen molar-refractivity contribution < 1.29 is 4.74 Å². The summed E-state index contributed by atoms with van der Waals surface area (Å²) in [7, 11) is 1.62. The number of aromatic amines is 1. The standard InChI is InChI=1S/C24H19N5O2S/c1-31-18-11-9-16(10-12-18)22-19(15-25-14-17-6-4-5-13-26-17)23(30)29(28-22)24-27-20-7-2-3-8-21(20)32-24/h2-13,15,28H,14H2,1H3. The molecule has 5 rings (SSSR count). The van der Waals surface area contributed by atoms with Crippen molar-refractivity contribution in [2.75, 3.05) is 7.11 Å². The molecule has 0 atom stereocenters. The lowest BCUT2D eigenvalue weighted by molar-refractivity contribution is 0.415. The van der Waals surface area contributed by atoms with Crippen molar-refractivity contribution in [3.63, 3.8) is 0 Å². The minimum absolute atomic E-state index is 0.209. The Bertz CT molecular complexity index is 1420. The topological polar surface area (TPSA) is 85.2 Å². The molecule has 3 heterocycles. The van der Waals surface area contributed by atoms with Crippen LogP contribution in [0.15, 0.2) is 82.7 Å². The van der Waals surface area contributed by atoms with Gasteiger partial charge in [0, 0.05) is 18.0 Å². The van der Waals surface area contributed by atoms with E-state index in [0.717, 1.165) is 27.2 Å². The fraction of sp³-hybridized carbons (Fsp3) is 0.0833. The molecule has 0 saturated heterocycles. The number of hydrogen-bond acceptors (Lipinski definition) is 6. The average Bonchev–Trinajstić information content (AvgIpc) is 3.41. The largest absolute Gasteiger partial charge is 0.497 e. The number of benzene rings is 2. The minimum Gasteiger partial charge on any atom is -0.497 e. The number of nitrogens with one attached hydrogen (secondary N) is 1. The molecule has 0 aliphatic rings. The molecule has 3 aromatic heterocycles. The highest BCUT2D eigenvalue weighted by Gasteiger charge is 2.18. The lowest BCUT2D eigenvalue weighted by Gasteiger charge is -2.03. The number of rotatable bonds is 6. The first kappa shape index (κ1) is 19.9. The van der Waals surface area contributed by atoms with E-state index in [-0.39, 0.29) is 5.56 Å². The van der Waals surface area contributed by atoms with Crippen LogP contribution in [0.1, 0.15) is 11.3 Å². The Balaban J connectivity index is 1.59. The maximum absolute atomic E-state index is 13.4. The second-order valence-corrected chi connectivity index (χ2v) is 8.03. The number of nitrogens with zero attached hydrogens (tertiary/aromatic N) is 4. The zero-order valence-corrected chi connectivity index (χ0v) is 18.0. The SMILES string of the molecule is COc1ccc(-c2[nH]n(-c3nc4ccccc4s3)c(=O)c2C=NCc2ccccn2)cc1. The van der Waals surface area contributed by atoms with E-state index in [1.165, 1.54) is 16.0 Å². The molecule has 0 radical (unpaired) electrons. The second kappa shape index (κ2) is 8.60. The summed E-state index contributed by atoms with van der Waals surface area (Å²) in [4.78, 5) is 26.8. The fourth-order valence-electron chi connectivity index (χ4n) is 3.36. The first-order valence-corrected chi connectivity index (χ1v) is 10.8. The van der Waals surface area contributed by atoms with Gasteiger partial charge in [0.15, 0.2) is 0 Å². The molecule has 8 heteroatoms. The van der Waals surface area contributed by atoms with Crippen molar-refractivity contribution >= 4 is 27.8 Å². The zero-order chi connectivity index (χ0) is 21.9. The Kier molecular flexibility index (Phi) is 5.35. The number of hydrogen-bond donors (Lipinski definition) is 1. The van der Waals surface area contributed by atoms with Gasteiger partial charge >= 0.3 is 0 Å². The van der Waals surface area contributed by atoms with E-state index in [0.29, 0.717) is 22.9 Å². The van der Waals surface area contributed by atoms with Gasteiger partial charge in [0.05, 0.1) is 40.8 Å². The molecule has 32 heavy (non-hydrogen) atoms. The Hall–Kier alpha value is -4.04. The van der Waals surface area contributed by atoms with Gasteiger partial charge in [0.25, 0.3) is 5.56 Å². The molecule has 7 nitrogen and oxygen atoms in total. The van der Waals surface area contributed by atoms with Gasteiger partial charge in [-0.25, -0.2) is 4.98 Å². The molecule has 2 aromatic carbocycles. The van der Waals surface area contributed by atoms with Crippen molar-refractivity contribution in [2.24, 2.45) is 4.99 Å². The fourth-order valence-corrected chi connectivity index (χ4v) is 4.29. The molecule has 0 spiro atoms. The molecule has 0 bridgehead atoms. The van der Waals surface area contributed by atoms with E-state index in [2.05, 4.69) is 20.1 Å². The number of thiazole rings is 1. The molecular weight excluding hydrogens is 422 g/mol. The summed E-state index contributed by atoms with van der Waals surface area (Å²) >= 11 is 1.45. The highest BCUT2D eigenvalue weighted by Crippen LogP contribution is 2.26. The Labute approximate surface area is 187 Å². The van der Waals surface area contributed by atoms with Gasteiger partial charge < -0.3 is 4.74 Å². The zero-order valence-electron chi connectivity index (χ0n) is 17.2. The van der Waals surface area contributed by atoms with E-state index in [1.807, 2.05) is 66.7 Å². The van der Waals surface area contributed by atoms with Crippen molar-refractivity contribution in [1.82, 2.24) is 19.7 Å². The molecule has 158 valence electrons. The van der Waals surface area contributed by atoms with E-state index < -0.39 is 0 Å². The van der Waals surface area contributed by atoms with Crippen LogP contribution >= 0.6 is 11.3 Å². The van der Waals surface area contributed by atoms with Gasteiger partial charge in [-0.1, -0.05) is 29.5 Å². The molecule has 1 N–H and O–H groups in total. The summed E-state index contributed by atoms with van der Waals surface area (Å²) in [6, 6.07) is 21.0. The monoisotopic (exact) mass is 441 g/mol. The number of methoxy groups -OCH3 is 1. The van der Waals surface area contributed by atoms with Gasteiger partial charge in [-0.3, -0.25) is 19.9 Å². The van der Waals surface area contributed by atoms with Crippen LogP contribution in [0.4, 0.5) is 0 Å². The molecular formula is C24H19N5O2S. The quantitative estimate of drug-likeness (QED) is 0.394. The average molecular weight is 442 g/mol. The molecule has 0 fully saturated rings. The summed E-state index contributed by atoms with van der Waals surface area (Å²) in [5.41, 5.74) is 3.45. The summed E-state index contributed by atoms with van der Waals surface area (Å²) in [5, 5.41) is 3.81.